The van der Waals surface area contributed by atoms with Gasteiger partial charge in [-0.3, -0.25) is 24.4 Å². The minimum atomic E-state index is -1.01. The summed E-state index contributed by atoms with van der Waals surface area (Å²) in [6, 6.07) is 15.9. The first-order chi connectivity index (χ1) is 25.4. The number of ether oxygens (including phenoxy) is 1. The third-order valence-electron chi connectivity index (χ3n) is 10.7. The summed E-state index contributed by atoms with van der Waals surface area (Å²) in [5, 5.41) is 12.1. The molecular weight excluding hydrogens is 670 g/mol. The molecular formula is C42H49N5O6. The van der Waals surface area contributed by atoms with Crippen LogP contribution in [0.4, 0.5) is 4.79 Å². The fourth-order valence-electron chi connectivity index (χ4n) is 7.73. The Morgan fingerprint density at radius 2 is 1.47 bits per heavy atom. The van der Waals surface area contributed by atoms with Crippen molar-refractivity contribution in [3.63, 3.8) is 0 Å². The average Bonchev–Trinajstić information content (AvgIpc) is 3.98. The number of carbonyl (C=O) groups excluding carboxylic acids is 3. The molecule has 0 saturated carbocycles. The van der Waals surface area contributed by atoms with E-state index in [0.29, 0.717) is 31.4 Å². The Hall–Kier alpha value is -5.32. The first kappa shape index (κ1) is 37.4. The molecule has 4 aliphatic rings. The minimum absolute atomic E-state index is 0.0830. The van der Waals surface area contributed by atoms with Gasteiger partial charge in [-0.15, -0.1) is 0 Å². The van der Waals surface area contributed by atoms with Crippen LogP contribution in [0.2, 0.25) is 0 Å². The monoisotopic (exact) mass is 719 g/mol. The zero-order valence-electron chi connectivity index (χ0n) is 31.2. The van der Waals surface area contributed by atoms with E-state index in [-0.39, 0.29) is 36.4 Å². The first-order valence-electron chi connectivity index (χ1n) is 18.6. The van der Waals surface area contributed by atoms with Crippen molar-refractivity contribution in [2.45, 2.75) is 90.8 Å². The highest BCUT2D eigenvalue weighted by atomic mass is 16.5. The Morgan fingerprint density at radius 3 is 2.06 bits per heavy atom. The highest BCUT2D eigenvalue weighted by molar-refractivity contribution is 6.14. The molecule has 1 fully saturated rings. The molecule has 2 aromatic rings. The maximum atomic E-state index is 13.5. The zero-order chi connectivity index (χ0) is 37.8. The number of rotatable bonds is 12. The normalized spacial score (nSPS) is 18.9. The summed E-state index contributed by atoms with van der Waals surface area (Å²) in [4.78, 5) is 63.1. The molecule has 2 atom stereocenters. The highest BCUT2D eigenvalue weighted by Crippen LogP contribution is 2.36. The number of benzene rings is 2. The van der Waals surface area contributed by atoms with Gasteiger partial charge in [-0.2, -0.15) is 0 Å². The van der Waals surface area contributed by atoms with Gasteiger partial charge in [0.1, 0.15) is 12.6 Å². The minimum Gasteiger partial charge on any atom is -0.480 e. The lowest BCUT2D eigenvalue weighted by Gasteiger charge is -2.31. The molecule has 0 spiro atoms. The van der Waals surface area contributed by atoms with Crippen LogP contribution in [0.25, 0.3) is 22.3 Å². The molecule has 11 nitrogen and oxygen atoms in total. The van der Waals surface area contributed by atoms with Gasteiger partial charge in [0, 0.05) is 54.8 Å². The third-order valence-corrected chi connectivity index (χ3v) is 10.7. The number of carboxylic acid groups (broad SMARTS) is 1. The van der Waals surface area contributed by atoms with Crippen LogP contribution in [0.3, 0.4) is 0 Å². The molecule has 2 N–H and O–H groups in total. The van der Waals surface area contributed by atoms with E-state index in [4.69, 9.17) is 14.7 Å². The predicted molar refractivity (Wildman–Crippen MR) is 206 cm³/mol. The molecule has 3 aliphatic heterocycles. The number of likely N-dealkylation sites (tertiary alicyclic amines) is 1. The lowest BCUT2D eigenvalue weighted by molar-refractivity contribution is -0.144. The lowest BCUT2D eigenvalue weighted by atomic mass is 9.94. The van der Waals surface area contributed by atoms with Gasteiger partial charge in [-0.1, -0.05) is 62.4 Å². The average molecular weight is 720 g/mol. The number of amides is 3. The molecule has 3 amide bonds. The topological polar surface area (TPSA) is 141 Å². The molecule has 53 heavy (non-hydrogen) atoms. The van der Waals surface area contributed by atoms with Gasteiger partial charge in [0.2, 0.25) is 5.91 Å². The molecule has 1 saturated heterocycles. The Labute approximate surface area is 311 Å². The summed E-state index contributed by atoms with van der Waals surface area (Å²) in [5.74, 6) is -1.40. The van der Waals surface area contributed by atoms with Crippen molar-refractivity contribution in [3.05, 3.63) is 83.2 Å². The Balaban J connectivity index is 1.06. The van der Waals surface area contributed by atoms with Crippen molar-refractivity contribution in [2.75, 3.05) is 20.2 Å². The number of methoxy groups -OCH3 is 1. The molecule has 0 bridgehead atoms. The Kier molecular flexibility index (Phi) is 11.4. The van der Waals surface area contributed by atoms with Gasteiger partial charge in [0.15, 0.2) is 0 Å². The summed E-state index contributed by atoms with van der Waals surface area (Å²) in [6.45, 7) is 7.83. The van der Waals surface area contributed by atoms with Gasteiger partial charge in [0.05, 0.1) is 13.2 Å². The number of hydrogen-bond acceptors (Lipinski definition) is 7. The molecule has 0 aromatic heterocycles. The van der Waals surface area contributed by atoms with Crippen LogP contribution in [0, 0.1) is 5.92 Å². The van der Waals surface area contributed by atoms with E-state index in [1.54, 1.807) is 0 Å². The number of aliphatic imine (C=N–C) groups is 2. The molecule has 11 heteroatoms. The number of hydrogen-bond donors (Lipinski definition) is 2. The van der Waals surface area contributed by atoms with Crippen LogP contribution < -0.4 is 5.32 Å². The van der Waals surface area contributed by atoms with Crippen LogP contribution in [-0.4, -0.2) is 88.5 Å². The number of alkyl carbamates (subject to hydrolysis) is 1. The smallest absolute Gasteiger partial charge is 0.407 e. The molecule has 0 radical (unpaired) electrons. The van der Waals surface area contributed by atoms with Crippen LogP contribution >= 0.6 is 0 Å². The first-order valence-corrected chi connectivity index (χ1v) is 18.6. The zero-order valence-corrected chi connectivity index (χ0v) is 31.2. The number of nitrogens with zero attached hydrogens (tertiary/aromatic N) is 4. The molecule has 2 aromatic carbocycles. The van der Waals surface area contributed by atoms with Crippen molar-refractivity contribution >= 4 is 46.4 Å². The lowest BCUT2D eigenvalue weighted by Crippen LogP contribution is -2.53. The van der Waals surface area contributed by atoms with Gasteiger partial charge < -0.3 is 25.0 Å². The van der Waals surface area contributed by atoms with Crippen LogP contribution in [0.15, 0.2) is 82.1 Å². The maximum Gasteiger partial charge on any atom is 0.407 e. The molecule has 6 rings (SSSR count). The summed E-state index contributed by atoms with van der Waals surface area (Å²) in [6.07, 6.45) is 8.50. The summed E-state index contributed by atoms with van der Waals surface area (Å²) >= 11 is 0. The van der Waals surface area contributed by atoms with Crippen molar-refractivity contribution in [3.8, 4) is 11.1 Å². The predicted octanol–water partition coefficient (Wildman–Crippen LogP) is 6.90. The van der Waals surface area contributed by atoms with Crippen molar-refractivity contribution < 1.29 is 29.0 Å². The largest absolute Gasteiger partial charge is 0.480 e. The fraction of sp³-hybridized carbons (Fsp3) is 0.429. The van der Waals surface area contributed by atoms with Crippen LogP contribution in [0.1, 0.15) is 83.8 Å². The quantitative estimate of drug-likeness (QED) is 0.245. The fourth-order valence-corrected chi connectivity index (χ4v) is 7.73. The van der Waals surface area contributed by atoms with Gasteiger partial charge in [-0.25, -0.2) is 4.79 Å². The second-order valence-electron chi connectivity index (χ2n) is 14.8. The highest BCUT2D eigenvalue weighted by Gasteiger charge is 2.38. The van der Waals surface area contributed by atoms with E-state index in [2.05, 4.69) is 53.8 Å². The summed E-state index contributed by atoms with van der Waals surface area (Å²) in [7, 11) is 1.30. The van der Waals surface area contributed by atoms with E-state index in [0.717, 1.165) is 76.1 Å². The molecule has 1 aliphatic carbocycles. The maximum absolute atomic E-state index is 13.5. The molecule has 0 unspecified atom stereocenters. The van der Waals surface area contributed by atoms with Crippen LogP contribution in [0.5, 0.6) is 0 Å². The van der Waals surface area contributed by atoms with E-state index in [9.17, 15) is 24.3 Å². The van der Waals surface area contributed by atoms with E-state index in [1.807, 2.05) is 45.0 Å². The van der Waals surface area contributed by atoms with Gasteiger partial charge in [0.25, 0.3) is 5.91 Å². The Morgan fingerprint density at radius 1 is 0.868 bits per heavy atom. The second-order valence-corrected chi connectivity index (χ2v) is 14.8. The SMILES string of the molecule is COC(=O)N[C@H](C(=O)N1CCC[C@H]1C1=NC=C(c2ccc(-c3ccc(C4=CN=C(C5=C(C(=O)N(CC(=O)O)C(C)C)CCC5)C4)cc3)cc2)C1)C(C)C. The standard InChI is InChI=1S/C42H49N5O6/c1-25(2)39(45-42(52)53-5)41(51)46-19-7-10-37(46)36-21-32(23-44-36)30-17-13-28(14-18-30)27-11-15-29(16-12-27)31-20-35(43-22-31)33-8-6-9-34(33)40(50)47(26(3)4)24-38(48)49/h11-18,22-23,25-26,37,39H,6-10,19-21,24H2,1-5H3,(H,45,52)(H,48,49)/t37-,39-/m0/s1. The molecule has 3 heterocycles. The van der Waals surface area contributed by atoms with Crippen molar-refractivity contribution in [2.24, 2.45) is 15.9 Å². The number of carboxylic acids is 1. The number of aliphatic carboxylic acids is 1. The van der Waals surface area contributed by atoms with Gasteiger partial charge >= 0.3 is 12.1 Å². The number of allylic oxidation sites excluding steroid dienone is 3. The van der Waals surface area contributed by atoms with Crippen molar-refractivity contribution in [1.29, 1.82) is 0 Å². The second kappa shape index (κ2) is 16.1. The number of carbonyl (C=O) groups is 4. The number of nitrogens with one attached hydrogen (secondary N) is 1. The van der Waals surface area contributed by atoms with Gasteiger partial charge in [-0.05, 0) is 90.8 Å². The molecule has 278 valence electrons. The summed E-state index contributed by atoms with van der Waals surface area (Å²) in [5.41, 5.74) is 10.1. The van der Waals surface area contributed by atoms with E-state index >= 15 is 0 Å². The van der Waals surface area contributed by atoms with Crippen molar-refractivity contribution in [1.82, 2.24) is 15.1 Å². The summed E-state index contributed by atoms with van der Waals surface area (Å²) < 4.78 is 4.76. The van der Waals surface area contributed by atoms with E-state index in [1.165, 1.54) is 12.0 Å². The van der Waals surface area contributed by atoms with E-state index < -0.39 is 18.1 Å². The third kappa shape index (κ3) is 8.19. The Bertz CT molecular complexity index is 1920. The van der Waals surface area contributed by atoms with Crippen LogP contribution in [-0.2, 0) is 19.1 Å².